The number of carbonyl (C=O) groups excluding carboxylic acids is 1. The molecule has 2 saturated heterocycles. The first-order chi connectivity index (χ1) is 12.3. The first kappa shape index (κ1) is 17.5. The highest BCUT2D eigenvalue weighted by Crippen LogP contribution is 2.21. The number of nitrogens with zero attached hydrogens (tertiary/aromatic N) is 2. The van der Waals surface area contributed by atoms with E-state index in [-0.39, 0.29) is 17.6 Å². The van der Waals surface area contributed by atoms with Gasteiger partial charge in [-0.3, -0.25) is 4.79 Å². The van der Waals surface area contributed by atoms with Crippen molar-refractivity contribution in [2.45, 2.75) is 38.2 Å². The maximum Gasteiger partial charge on any atom is 0.262 e. The summed E-state index contributed by atoms with van der Waals surface area (Å²) in [5.41, 5.74) is 2.20. The Balaban J connectivity index is 1.60. The van der Waals surface area contributed by atoms with Gasteiger partial charge in [0.1, 0.15) is 11.6 Å². The Bertz CT molecular complexity index is 649. The average Bonchev–Trinajstić information content (AvgIpc) is 3.19. The van der Waals surface area contributed by atoms with Crippen LogP contribution in [-0.4, -0.2) is 38.3 Å². The first-order valence-electron chi connectivity index (χ1n) is 9.13. The normalized spacial score (nSPS) is 21.0. The summed E-state index contributed by atoms with van der Waals surface area (Å²) in [5.74, 6) is -0.335. The second-order valence-electron chi connectivity index (χ2n) is 6.65. The zero-order valence-corrected chi connectivity index (χ0v) is 14.5. The fraction of sp³-hybridized carbons (Fsp3) is 0.500. The molecule has 5 nitrogen and oxygen atoms in total. The SMILES string of the molecule is N#C/C(=C\c1ccc(N2CCCCC2)cc1)C(=O)NCC1CCCO1. The Morgan fingerprint density at radius 2 is 2.00 bits per heavy atom. The minimum Gasteiger partial charge on any atom is -0.376 e. The van der Waals surface area contributed by atoms with Gasteiger partial charge in [0.15, 0.2) is 0 Å². The Morgan fingerprint density at radius 1 is 1.24 bits per heavy atom. The largest absolute Gasteiger partial charge is 0.376 e. The van der Waals surface area contributed by atoms with Crippen molar-refractivity contribution in [3.8, 4) is 6.07 Å². The molecule has 1 unspecified atom stereocenters. The maximum absolute atomic E-state index is 12.2. The van der Waals surface area contributed by atoms with Gasteiger partial charge in [-0.25, -0.2) is 0 Å². The van der Waals surface area contributed by atoms with E-state index in [4.69, 9.17) is 4.74 Å². The minimum absolute atomic E-state index is 0.0766. The van der Waals surface area contributed by atoms with Crippen molar-refractivity contribution in [1.29, 1.82) is 5.26 Å². The van der Waals surface area contributed by atoms with E-state index in [1.165, 1.54) is 24.9 Å². The number of nitrogens with one attached hydrogen (secondary N) is 1. The van der Waals surface area contributed by atoms with E-state index in [2.05, 4.69) is 22.3 Å². The fourth-order valence-electron chi connectivity index (χ4n) is 3.36. The third-order valence-electron chi connectivity index (χ3n) is 4.80. The molecular weight excluding hydrogens is 314 g/mol. The molecule has 0 spiro atoms. The van der Waals surface area contributed by atoms with Crippen LogP contribution >= 0.6 is 0 Å². The minimum atomic E-state index is -0.335. The number of ether oxygens (including phenoxy) is 1. The second-order valence-corrected chi connectivity index (χ2v) is 6.65. The summed E-state index contributed by atoms with van der Waals surface area (Å²) in [6.45, 7) is 3.42. The van der Waals surface area contributed by atoms with Crippen molar-refractivity contribution < 1.29 is 9.53 Å². The van der Waals surface area contributed by atoms with E-state index in [1.54, 1.807) is 6.08 Å². The Kier molecular flexibility index (Phi) is 6.08. The monoisotopic (exact) mass is 339 g/mol. The summed E-state index contributed by atoms with van der Waals surface area (Å²) in [4.78, 5) is 14.6. The highest BCUT2D eigenvalue weighted by atomic mass is 16.5. The smallest absolute Gasteiger partial charge is 0.262 e. The van der Waals surface area contributed by atoms with Crippen molar-refractivity contribution in [2.75, 3.05) is 31.1 Å². The lowest BCUT2D eigenvalue weighted by molar-refractivity contribution is -0.117. The van der Waals surface area contributed by atoms with E-state index in [1.807, 2.05) is 18.2 Å². The third-order valence-corrected chi connectivity index (χ3v) is 4.80. The lowest BCUT2D eigenvalue weighted by atomic mass is 10.1. The molecule has 1 aromatic rings. The summed E-state index contributed by atoms with van der Waals surface area (Å²) < 4.78 is 5.48. The van der Waals surface area contributed by atoms with Crippen LogP contribution in [0.25, 0.3) is 6.08 Å². The quantitative estimate of drug-likeness (QED) is 0.662. The van der Waals surface area contributed by atoms with Crippen molar-refractivity contribution in [1.82, 2.24) is 5.32 Å². The van der Waals surface area contributed by atoms with Gasteiger partial charge in [-0.1, -0.05) is 12.1 Å². The summed E-state index contributed by atoms with van der Waals surface area (Å²) in [7, 11) is 0. The van der Waals surface area contributed by atoms with Crippen LogP contribution in [0.1, 0.15) is 37.7 Å². The molecule has 0 radical (unpaired) electrons. The number of benzene rings is 1. The molecule has 0 saturated carbocycles. The van der Waals surface area contributed by atoms with Crippen LogP contribution < -0.4 is 10.2 Å². The summed E-state index contributed by atoms with van der Waals surface area (Å²) in [6.07, 6.45) is 7.51. The van der Waals surface area contributed by atoms with Crippen molar-refractivity contribution >= 4 is 17.7 Å². The fourth-order valence-corrected chi connectivity index (χ4v) is 3.36. The van der Waals surface area contributed by atoms with Crippen molar-refractivity contribution in [2.24, 2.45) is 0 Å². The van der Waals surface area contributed by atoms with E-state index in [0.29, 0.717) is 6.54 Å². The topological polar surface area (TPSA) is 65.4 Å². The number of hydrogen-bond acceptors (Lipinski definition) is 4. The molecule has 0 aliphatic carbocycles. The molecule has 2 aliphatic rings. The van der Waals surface area contributed by atoms with Gasteiger partial charge in [0, 0.05) is 31.9 Å². The van der Waals surface area contributed by atoms with Gasteiger partial charge >= 0.3 is 0 Å². The standard InChI is InChI=1S/C20H25N3O2/c21-14-17(20(24)22-15-19-5-4-12-25-19)13-16-6-8-18(9-7-16)23-10-2-1-3-11-23/h6-9,13,19H,1-5,10-12,15H2,(H,22,24)/b17-13+. The Labute approximate surface area is 149 Å². The number of amides is 1. The summed E-state index contributed by atoms with van der Waals surface area (Å²) in [5, 5.41) is 12.1. The number of carbonyl (C=O) groups is 1. The Morgan fingerprint density at radius 3 is 2.64 bits per heavy atom. The van der Waals surface area contributed by atoms with Crippen LogP contribution in [0.15, 0.2) is 29.8 Å². The number of rotatable bonds is 5. The summed E-state index contributed by atoms with van der Waals surface area (Å²) in [6, 6.07) is 10.1. The molecule has 1 N–H and O–H groups in total. The predicted octanol–water partition coefficient (Wildman–Crippen LogP) is 2.88. The van der Waals surface area contributed by atoms with Crippen LogP contribution in [0.4, 0.5) is 5.69 Å². The van der Waals surface area contributed by atoms with Crippen LogP contribution in [0.5, 0.6) is 0 Å². The molecule has 5 heteroatoms. The molecule has 25 heavy (non-hydrogen) atoms. The van der Waals surface area contributed by atoms with Gasteiger partial charge in [0.05, 0.1) is 6.10 Å². The Hall–Kier alpha value is -2.32. The van der Waals surface area contributed by atoms with Gasteiger partial charge in [-0.05, 0) is 55.9 Å². The van der Waals surface area contributed by atoms with Crippen LogP contribution in [0.2, 0.25) is 0 Å². The molecule has 2 fully saturated rings. The second kappa shape index (κ2) is 8.68. The van der Waals surface area contributed by atoms with Gasteiger partial charge in [0.25, 0.3) is 5.91 Å². The number of anilines is 1. The van der Waals surface area contributed by atoms with Crippen molar-refractivity contribution in [3.63, 3.8) is 0 Å². The zero-order chi connectivity index (χ0) is 17.5. The van der Waals surface area contributed by atoms with Gasteiger partial charge in [-0.15, -0.1) is 0 Å². The molecule has 3 rings (SSSR count). The number of piperidine rings is 1. The molecular formula is C20H25N3O2. The highest BCUT2D eigenvalue weighted by Gasteiger charge is 2.17. The lowest BCUT2D eigenvalue weighted by Gasteiger charge is -2.28. The highest BCUT2D eigenvalue weighted by molar-refractivity contribution is 6.01. The summed E-state index contributed by atoms with van der Waals surface area (Å²) >= 11 is 0. The van der Waals surface area contributed by atoms with E-state index in [0.717, 1.165) is 38.1 Å². The average molecular weight is 339 g/mol. The van der Waals surface area contributed by atoms with Crippen LogP contribution in [-0.2, 0) is 9.53 Å². The van der Waals surface area contributed by atoms with Crippen LogP contribution in [0, 0.1) is 11.3 Å². The van der Waals surface area contributed by atoms with Gasteiger partial charge < -0.3 is 15.0 Å². The molecule has 1 amide bonds. The number of hydrogen-bond donors (Lipinski definition) is 1. The van der Waals surface area contributed by atoms with E-state index < -0.39 is 0 Å². The van der Waals surface area contributed by atoms with E-state index >= 15 is 0 Å². The molecule has 0 bridgehead atoms. The van der Waals surface area contributed by atoms with Gasteiger partial charge in [-0.2, -0.15) is 5.26 Å². The molecule has 1 atom stereocenters. The van der Waals surface area contributed by atoms with Crippen molar-refractivity contribution in [3.05, 3.63) is 35.4 Å². The first-order valence-corrected chi connectivity index (χ1v) is 9.13. The molecule has 2 aliphatic heterocycles. The van der Waals surface area contributed by atoms with Gasteiger partial charge in [0.2, 0.25) is 0 Å². The number of nitriles is 1. The zero-order valence-electron chi connectivity index (χ0n) is 14.5. The maximum atomic E-state index is 12.2. The lowest BCUT2D eigenvalue weighted by Crippen LogP contribution is -2.32. The van der Waals surface area contributed by atoms with E-state index in [9.17, 15) is 10.1 Å². The third kappa shape index (κ3) is 4.83. The molecule has 0 aromatic heterocycles. The molecule has 132 valence electrons. The van der Waals surface area contributed by atoms with Crippen LogP contribution in [0.3, 0.4) is 0 Å². The predicted molar refractivity (Wildman–Crippen MR) is 98.1 cm³/mol. The molecule has 1 aromatic carbocycles. The molecule has 2 heterocycles.